The molecule has 1 aromatic carbocycles. The third-order valence-electron chi connectivity index (χ3n) is 2.52. The van der Waals surface area contributed by atoms with E-state index in [1.807, 2.05) is 44.2 Å². The SMILES string of the molecule is CC(N)c1nnc(C(C)c2ccccc2)o1. The number of aromatic nitrogens is 2. The van der Waals surface area contributed by atoms with Gasteiger partial charge in [-0.05, 0) is 19.4 Å². The highest BCUT2D eigenvalue weighted by Crippen LogP contribution is 2.23. The van der Waals surface area contributed by atoms with Crippen LogP contribution in [0.2, 0.25) is 0 Å². The molecule has 2 rings (SSSR count). The van der Waals surface area contributed by atoms with Crippen LogP contribution in [0.3, 0.4) is 0 Å². The molecule has 4 heteroatoms. The van der Waals surface area contributed by atoms with Gasteiger partial charge in [-0.3, -0.25) is 0 Å². The lowest BCUT2D eigenvalue weighted by Crippen LogP contribution is -2.04. The Morgan fingerprint density at radius 2 is 1.69 bits per heavy atom. The zero-order chi connectivity index (χ0) is 11.5. The number of benzene rings is 1. The van der Waals surface area contributed by atoms with Gasteiger partial charge in [-0.1, -0.05) is 30.3 Å². The van der Waals surface area contributed by atoms with Gasteiger partial charge in [0.2, 0.25) is 11.8 Å². The van der Waals surface area contributed by atoms with Gasteiger partial charge < -0.3 is 10.2 Å². The lowest BCUT2D eigenvalue weighted by Gasteiger charge is -2.06. The van der Waals surface area contributed by atoms with E-state index in [4.69, 9.17) is 10.2 Å². The van der Waals surface area contributed by atoms with Crippen LogP contribution in [-0.2, 0) is 0 Å². The topological polar surface area (TPSA) is 64.9 Å². The van der Waals surface area contributed by atoms with Crippen LogP contribution in [0.5, 0.6) is 0 Å². The molecule has 16 heavy (non-hydrogen) atoms. The van der Waals surface area contributed by atoms with Crippen LogP contribution in [-0.4, -0.2) is 10.2 Å². The molecule has 1 aromatic heterocycles. The second-order valence-electron chi connectivity index (χ2n) is 3.90. The Hall–Kier alpha value is -1.68. The molecule has 2 unspecified atom stereocenters. The largest absolute Gasteiger partial charge is 0.423 e. The lowest BCUT2D eigenvalue weighted by atomic mass is 10.0. The molecule has 0 aliphatic rings. The first-order valence-electron chi connectivity index (χ1n) is 5.32. The van der Waals surface area contributed by atoms with Crippen molar-refractivity contribution in [1.82, 2.24) is 10.2 Å². The summed E-state index contributed by atoms with van der Waals surface area (Å²) in [6.45, 7) is 3.86. The fourth-order valence-electron chi connectivity index (χ4n) is 1.49. The van der Waals surface area contributed by atoms with Gasteiger partial charge >= 0.3 is 0 Å². The van der Waals surface area contributed by atoms with Crippen LogP contribution in [0.25, 0.3) is 0 Å². The third kappa shape index (κ3) is 2.12. The molecule has 0 saturated carbocycles. The van der Waals surface area contributed by atoms with Gasteiger partial charge in [-0.2, -0.15) is 0 Å². The Bertz CT molecular complexity index is 450. The minimum absolute atomic E-state index is 0.0983. The minimum atomic E-state index is -0.218. The number of hydrogen-bond donors (Lipinski definition) is 1. The molecular weight excluding hydrogens is 202 g/mol. The predicted octanol–water partition coefficient (Wildman–Crippen LogP) is 2.24. The molecule has 0 radical (unpaired) electrons. The maximum absolute atomic E-state index is 5.67. The van der Waals surface area contributed by atoms with E-state index in [0.29, 0.717) is 11.8 Å². The Morgan fingerprint density at radius 3 is 2.25 bits per heavy atom. The third-order valence-corrected chi connectivity index (χ3v) is 2.52. The number of hydrogen-bond acceptors (Lipinski definition) is 4. The summed E-state index contributed by atoms with van der Waals surface area (Å²) in [5, 5.41) is 7.94. The van der Waals surface area contributed by atoms with Crippen molar-refractivity contribution in [3.63, 3.8) is 0 Å². The first-order chi connectivity index (χ1) is 7.68. The molecule has 0 spiro atoms. The van der Waals surface area contributed by atoms with Gasteiger partial charge in [0.05, 0.1) is 12.0 Å². The van der Waals surface area contributed by atoms with Crippen LogP contribution in [0.15, 0.2) is 34.7 Å². The maximum atomic E-state index is 5.67. The Kier molecular flexibility index (Phi) is 3.01. The molecule has 2 atom stereocenters. The van der Waals surface area contributed by atoms with Crippen LogP contribution < -0.4 is 5.73 Å². The molecule has 0 saturated heterocycles. The monoisotopic (exact) mass is 217 g/mol. The molecule has 2 aromatic rings. The Balaban J connectivity index is 2.24. The molecule has 0 amide bonds. The van der Waals surface area contributed by atoms with Crippen molar-refractivity contribution in [2.24, 2.45) is 5.73 Å². The Morgan fingerprint density at radius 1 is 1.06 bits per heavy atom. The zero-order valence-electron chi connectivity index (χ0n) is 9.42. The fourth-order valence-corrected chi connectivity index (χ4v) is 1.49. The number of rotatable bonds is 3. The van der Waals surface area contributed by atoms with Crippen molar-refractivity contribution in [3.05, 3.63) is 47.7 Å². The molecule has 0 fully saturated rings. The van der Waals surface area contributed by atoms with Crippen molar-refractivity contribution in [3.8, 4) is 0 Å². The van der Waals surface area contributed by atoms with Gasteiger partial charge in [0.15, 0.2) is 0 Å². The highest BCUT2D eigenvalue weighted by molar-refractivity contribution is 5.23. The van der Waals surface area contributed by atoms with E-state index in [2.05, 4.69) is 10.2 Å². The van der Waals surface area contributed by atoms with E-state index in [9.17, 15) is 0 Å². The normalized spacial score (nSPS) is 14.7. The summed E-state index contributed by atoms with van der Waals surface area (Å²) in [7, 11) is 0. The summed E-state index contributed by atoms with van der Waals surface area (Å²) >= 11 is 0. The van der Waals surface area contributed by atoms with Gasteiger partial charge in [-0.15, -0.1) is 10.2 Å². The summed E-state index contributed by atoms with van der Waals surface area (Å²) in [5.41, 5.74) is 6.82. The highest BCUT2D eigenvalue weighted by atomic mass is 16.4. The first-order valence-corrected chi connectivity index (χ1v) is 5.32. The molecular formula is C12H15N3O. The second-order valence-corrected chi connectivity index (χ2v) is 3.90. The van der Waals surface area contributed by atoms with Gasteiger partial charge in [0, 0.05) is 0 Å². The summed E-state index contributed by atoms with van der Waals surface area (Å²) in [6, 6.07) is 9.84. The average Bonchev–Trinajstić information content (AvgIpc) is 2.78. The molecule has 2 N–H and O–H groups in total. The van der Waals surface area contributed by atoms with Crippen molar-refractivity contribution in [1.29, 1.82) is 0 Å². The molecule has 1 heterocycles. The summed E-state index contributed by atoms with van der Waals surface area (Å²) in [6.07, 6.45) is 0. The van der Waals surface area contributed by atoms with Crippen molar-refractivity contribution in [2.45, 2.75) is 25.8 Å². The van der Waals surface area contributed by atoms with Crippen LogP contribution in [0, 0.1) is 0 Å². The smallest absolute Gasteiger partial charge is 0.232 e. The summed E-state index contributed by atoms with van der Waals surface area (Å²) in [4.78, 5) is 0. The lowest BCUT2D eigenvalue weighted by molar-refractivity contribution is 0.418. The van der Waals surface area contributed by atoms with Crippen LogP contribution >= 0.6 is 0 Å². The quantitative estimate of drug-likeness (QED) is 0.856. The summed E-state index contributed by atoms with van der Waals surface area (Å²) < 4.78 is 5.51. The van der Waals surface area contributed by atoms with Gasteiger partial charge in [-0.25, -0.2) is 0 Å². The van der Waals surface area contributed by atoms with E-state index in [-0.39, 0.29) is 12.0 Å². The molecule has 0 aliphatic carbocycles. The van der Waals surface area contributed by atoms with E-state index < -0.39 is 0 Å². The highest BCUT2D eigenvalue weighted by Gasteiger charge is 2.16. The van der Waals surface area contributed by atoms with E-state index >= 15 is 0 Å². The fraction of sp³-hybridized carbons (Fsp3) is 0.333. The van der Waals surface area contributed by atoms with E-state index in [1.54, 1.807) is 0 Å². The molecule has 0 bridgehead atoms. The standard InChI is InChI=1S/C12H15N3O/c1-8(10-6-4-3-5-7-10)11-14-15-12(16-11)9(2)13/h3-9H,13H2,1-2H3. The van der Waals surface area contributed by atoms with E-state index in [0.717, 1.165) is 5.56 Å². The van der Waals surface area contributed by atoms with Crippen LogP contribution in [0.1, 0.15) is 43.2 Å². The maximum Gasteiger partial charge on any atom is 0.232 e. The number of nitrogens with zero attached hydrogens (tertiary/aromatic N) is 2. The first kappa shape index (κ1) is 10.8. The average molecular weight is 217 g/mol. The van der Waals surface area contributed by atoms with Crippen molar-refractivity contribution >= 4 is 0 Å². The van der Waals surface area contributed by atoms with Crippen molar-refractivity contribution in [2.75, 3.05) is 0 Å². The molecule has 4 nitrogen and oxygen atoms in total. The van der Waals surface area contributed by atoms with E-state index in [1.165, 1.54) is 0 Å². The van der Waals surface area contributed by atoms with Gasteiger partial charge in [0.25, 0.3) is 0 Å². The minimum Gasteiger partial charge on any atom is -0.423 e. The molecule has 84 valence electrons. The Labute approximate surface area is 94.5 Å². The predicted molar refractivity (Wildman–Crippen MR) is 60.9 cm³/mol. The van der Waals surface area contributed by atoms with Crippen LogP contribution in [0.4, 0.5) is 0 Å². The van der Waals surface area contributed by atoms with Gasteiger partial charge in [0.1, 0.15) is 0 Å². The van der Waals surface area contributed by atoms with Crippen molar-refractivity contribution < 1.29 is 4.42 Å². The molecule has 0 aliphatic heterocycles. The second kappa shape index (κ2) is 4.45. The number of nitrogens with two attached hydrogens (primary N) is 1. The zero-order valence-corrected chi connectivity index (χ0v) is 9.42. The summed E-state index contributed by atoms with van der Waals surface area (Å²) in [5.74, 6) is 1.19.